The second-order valence-corrected chi connectivity index (χ2v) is 4.29. The lowest BCUT2D eigenvalue weighted by Crippen LogP contribution is -2.25. The summed E-state index contributed by atoms with van der Waals surface area (Å²) < 4.78 is 13.7. The van der Waals surface area contributed by atoms with Crippen LogP contribution in [0.1, 0.15) is 19.2 Å². The van der Waals surface area contributed by atoms with E-state index in [1.807, 2.05) is 12.4 Å². The quantitative estimate of drug-likeness (QED) is 0.709. The average Bonchev–Trinajstić information content (AvgIpc) is 2.84. The molecular formula is C13H18FN4+. The van der Waals surface area contributed by atoms with Crippen LogP contribution in [0.4, 0.5) is 15.8 Å². The molecule has 0 aliphatic rings. The molecule has 96 valence electrons. The molecule has 0 amide bonds. The molecule has 4 nitrogen and oxygen atoms in total. The highest BCUT2D eigenvalue weighted by Crippen LogP contribution is 2.19. The Balaban J connectivity index is 2.05. The minimum Gasteiger partial charge on any atom is -0.399 e. The van der Waals surface area contributed by atoms with E-state index in [9.17, 15) is 4.39 Å². The van der Waals surface area contributed by atoms with Crippen molar-refractivity contribution in [3.8, 4) is 0 Å². The van der Waals surface area contributed by atoms with E-state index in [2.05, 4.69) is 22.2 Å². The molecule has 0 fully saturated rings. The SMILES string of the molecule is CCC(Cc1[nH]cc[nH+]1)Nc1ccc(N)cc1F. The van der Waals surface area contributed by atoms with Crippen molar-refractivity contribution in [2.75, 3.05) is 11.1 Å². The van der Waals surface area contributed by atoms with Gasteiger partial charge in [0.15, 0.2) is 0 Å². The van der Waals surface area contributed by atoms with Gasteiger partial charge < -0.3 is 11.1 Å². The Bertz CT molecular complexity index is 496. The Morgan fingerprint density at radius 3 is 2.94 bits per heavy atom. The van der Waals surface area contributed by atoms with Gasteiger partial charge in [-0.05, 0) is 24.6 Å². The van der Waals surface area contributed by atoms with Gasteiger partial charge in [-0.15, -0.1) is 0 Å². The number of rotatable bonds is 5. The lowest BCUT2D eigenvalue weighted by atomic mass is 10.1. The number of benzene rings is 1. The molecule has 0 spiro atoms. The summed E-state index contributed by atoms with van der Waals surface area (Å²) in [7, 11) is 0. The third-order valence-corrected chi connectivity index (χ3v) is 2.89. The summed E-state index contributed by atoms with van der Waals surface area (Å²) in [5.74, 6) is 0.703. The first-order valence-corrected chi connectivity index (χ1v) is 6.04. The molecule has 0 saturated heterocycles. The fourth-order valence-electron chi connectivity index (χ4n) is 1.86. The first kappa shape index (κ1) is 12.4. The van der Waals surface area contributed by atoms with Crippen molar-refractivity contribution < 1.29 is 9.37 Å². The summed E-state index contributed by atoms with van der Waals surface area (Å²) in [5, 5.41) is 3.19. The number of hydrogen-bond acceptors (Lipinski definition) is 2. The molecule has 1 aromatic heterocycles. The fraction of sp³-hybridized carbons (Fsp3) is 0.308. The van der Waals surface area contributed by atoms with Gasteiger partial charge >= 0.3 is 0 Å². The van der Waals surface area contributed by atoms with Crippen LogP contribution in [0.15, 0.2) is 30.6 Å². The van der Waals surface area contributed by atoms with Gasteiger partial charge in [0.05, 0.1) is 12.1 Å². The predicted octanol–water partition coefficient (Wildman–Crippen LogP) is 1.98. The van der Waals surface area contributed by atoms with Crippen molar-refractivity contribution in [3.63, 3.8) is 0 Å². The molecule has 0 saturated carbocycles. The van der Waals surface area contributed by atoms with Gasteiger partial charge in [0.1, 0.15) is 18.2 Å². The van der Waals surface area contributed by atoms with Gasteiger partial charge in [-0.25, -0.2) is 14.4 Å². The van der Waals surface area contributed by atoms with Crippen LogP contribution in [0.3, 0.4) is 0 Å². The van der Waals surface area contributed by atoms with Crippen molar-refractivity contribution in [1.29, 1.82) is 0 Å². The molecule has 2 aromatic rings. The smallest absolute Gasteiger partial charge is 0.254 e. The van der Waals surface area contributed by atoms with Crippen molar-refractivity contribution in [2.45, 2.75) is 25.8 Å². The third kappa shape index (κ3) is 3.00. The summed E-state index contributed by atoms with van der Waals surface area (Å²) >= 11 is 0. The van der Waals surface area contributed by atoms with Crippen LogP contribution in [0, 0.1) is 5.82 Å². The molecule has 1 atom stereocenters. The molecule has 1 heterocycles. The molecule has 18 heavy (non-hydrogen) atoms. The van der Waals surface area contributed by atoms with Crippen molar-refractivity contribution in [2.24, 2.45) is 0 Å². The number of nitrogens with two attached hydrogens (primary N) is 1. The zero-order chi connectivity index (χ0) is 13.0. The molecule has 0 aliphatic carbocycles. The minimum absolute atomic E-state index is 0.165. The topological polar surface area (TPSA) is 68.0 Å². The summed E-state index contributed by atoms with van der Waals surface area (Å²) in [6.07, 6.45) is 5.36. The maximum absolute atomic E-state index is 13.7. The van der Waals surface area contributed by atoms with Crippen molar-refractivity contribution in [1.82, 2.24) is 4.98 Å². The van der Waals surface area contributed by atoms with Crippen LogP contribution < -0.4 is 16.0 Å². The maximum atomic E-state index is 13.7. The highest BCUT2D eigenvalue weighted by molar-refractivity contribution is 5.53. The number of aromatic nitrogens is 2. The molecule has 1 unspecified atom stereocenters. The zero-order valence-corrected chi connectivity index (χ0v) is 10.3. The lowest BCUT2D eigenvalue weighted by molar-refractivity contribution is -0.388. The zero-order valence-electron chi connectivity index (χ0n) is 10.3. The second kappa shape index (κ2) is 5.53. The summed E-state index contributed by atoms with van der Waals surface area (Å²) in [5.41, 5.74) is 6.45. The van der Waals surface area contributed by atoms with Crippen LogP contribution in [-0.4, -0.2) is 11.0 Å². The van der Waals surface area contributed by atoms with Crippen LogP contribution in [-0.2, 0) is 6.42 Å². The largest absolute Gasteiger partial charge is 0.399 e. The first-order valence-electron chi connectivity index (χ1n) is 6.04. The van der Waals surface area contributed by atoms with Crippen LogP contribution in [0.2, 0.25) is 0 Å². The molecule has 5 heteroatoms. The minimum atomic E-state index is -0.316. The number of imidazole rings is 1. The number of nitrogens with one attached hydrogen (secondary N) is 3. The van der Waals surface area contributed by atoms with Gasteiger partial charge in [-0.1, -0.05) is 6.92 Å². The number of anilines is 2. The maximum Gasteiger partial charge on any atom is 0.254 e. The van der Waals surface area contributed by atoms with E-state index in [1.165, 1.54) is 6.07 Å². The molecular weight excluding hydrogens is 231 g/mol. The highest BCUT2D eigenvalue weighted by Gasteiger charge is 2.14. The predicted molar refractivity (Wildman–Crippen MR) is 69.6 cm³/mol. The van der Waals surface area contributed by atoms with E-state index < -0.39 is 0 Å². The van der Waals surface area contributed by atoms with E-state index in [0.29, 0.717) is 11.4 Å². The summed E-state index contributed by atoms with van der Waals surface area (Å²) in [4.78, 5) is 6.20. The first-order chi connectivity index (χ1) is 8.69. The molecule has 1 aromatic carbocycles. The van der Waals surface area contributed by atoms with E-state index in [-0.39, 0.29) is 11.9 Å². The van der Waals surface area contributed by atoms with Gasteiger partial charge in [-0.2, -0.15) is 0 Å². The van der Waals surface area contributed by atoms with Crippen LogP contribution >= 0.6 is 0 Å². The van der Waals surface area contributed by atoms with Crippen LogP contribution in [0.5, 0.6) is 0 Å². The van der Waals surface area contributed by atoms with Crippen molar-refractivity contribution >= 4 is 11.4 Å². The normalized spacial score (nSPS) is 12.3. The Kier molecular flexibility index (Phi) is 3.82. The lowest BCUT2D eigenvalue weighted by Gasteiger charge is -2.16. The Hall–Kier alpha value is -2.04. The monoisotopic (exact) mass is 249 g/mol. The molecule has 5 N–H and O–H groups in total. The highest BCUT2D eigenvalue weighted by atomic mass is 19.1. The van der Waals surface area contributed by atoms with E-state index >= 15 is 0 Å². The molecule has 0 radical (unpaired) electrons. The number of halogens is 1. The number of nitrogen functional groups attached to an aromatic ring is 1. The number of aromatic amines is 2. The van der Waals surface area contributed by atoms with Gasteiger partial charge in [0.2, 0.25) is 0 Å². The van der Waals surface area contributed by atoms with Gasteiger partial charge in [0.25, 0.3) is 5.82 Å². The van der Waals surface area contributed by atoms with E-state index in [0.717, 1.165) is 18.7 Å². The molecule has 0 bridgehead atoms. The van der Waals surface area contributed by atoms with E-state index in [1.54, 1.807) is 12.1 Å². The van der Waals surface area contributed by atoms with Gasteiger partial charge in [-0.3, -0.25) is 0 Å². The molecule has 2 rings (SSSR count). The fourth-order valence-corrected chi connectivity index (χ4v) is 1.86. The summed E-state index contributed by atoms with van der Waals surface area (Å²) in [6, 6.07) is 4.86. The third-order valence-electron chi connectivity index (χ3n) is 2.89. The Morgan fingerprint density at radius 1 is 1.50 bits per heavy atom. The van der Waals surface area contributed by atoms with Gasteiger partial charge in [0, 0.05) is 11.7 Å². The van der Waals surface area contributed by atoms with E-state index in [4.69, 9.17) is 5.73 Å². The van der Waals surface area contributed by atoms with Crippen LogP contribution in [0.25, 0.3) is 0 Å². The Labute approximate surface area is 105 Å². The molecule has 0 aliphatic heterocycles. The Morgan fingerprint density at radius 2 is 2.33 bits per heavy atom. The second-order valence-electron chi connectivity index (χ2n) is 4.29. The number of hydrogen-bond donors (Lipinski definition) is 3. The standard InChI is InChI=1S/C13H17FN4/c1-2-10(8-13-16-5-6-17-13)18-12-4-3-9(15)7-11(12)14/h3-7,10,18H,2,8,15H2,1H3,(H,16,17)/p+1. The van der Waals surface area contributed by atoms with Crippen molar-refractivity contribution in [3.05, 3.63) is 42.2 Å². The summed E-state index contributed by atoms with van der Waals surface area (Å²) in [6.45, 7) is 2.07. The average molecular weight is 249 g/mol. The number of H-pyrrole nitrogens is 2.